The van der Waals surface area contributed by atoms with Crippen molar-refractivity contribution in [2.75, 3.05) is 4.90 Å². The zero-order valence-corrected chi connectivity index (χ0v) is 32.5. The Hall–Kier alpha value is -6.85. The predicted molar refractivity (Wildman–Crippen MR) is 246 cm³/mol. The van der Waals surface area contributed by atoms with Gasteiger partial charge in [0, 0.05) is 37.1 Å². The van der Waals surface area contributed by atoms with Crippen LogP contribution in [0.25, 0.3) is 85.1 Å². The van der Waals surface area contributed by atoms with Crippen molar-refractivity contribution in [1.29, 1.82) is 0 Å². The molecule has 0 aliphatic carbocycles. The van der Waals surface area contributed by atoms with Gasteiger partial charge in [0.25, 0.3) is 0 Å². The van der Waals surface area contributed by atoms with Gasteiger partial charge in [0.2, 0.25) is 0 Å². The molecule has 0 aliphatic heterocycles. The van der Waals surface area contributed by atoms with Crippen LogP contribution in [-0.2, 0) is 0 Å². The molecule has 0 fully saturated rings. The van der Waals surface area contributed by atoms with Gasteiger partial charge >= 0.3 is 0 Å². The molecule has 0 bridgehead atoms. The van der Waals surface area contributed by atoms with Crippen LogP contribution in [0.3, 0.4) is 0 Å². The van der Waals surface area contributed by atoms with E-state index in [1.54, 1.807) is 11.3 Å². The fourth-order valence-electron chi connectivity index (χ4n) is 8.16. The molecule has 2 nitrogen and oxygen atoms in total. The second-order valence-electron chi connectivity index (χ2n) is 14.3. The number of benzene rings is 9. The van der Waals surface area contributed by atoms with Crippen molar-refractivity contribution in [2.24, 2.45) is 0 Å². The van der Waals surface area contributed by atoms with Gasteiger partial charge in [-0.2, -0.15) is 0 Å². The molecule has 0 radical (unpaired) electrons. The summed E-state index contributed by atoms with van der Waals surface area (Å²) >= 11 is 3.65. The molecule has 0 saturated heterocycles. The lowest BCUT2D eigenvalue weighted by Gasteiger charge is -2.29. The lowest BCUT2D eigenvalue weighted by Crippen LogP contribution is -2.12. The minimum Gasteiger partial charge on any atom is -0.310 e. The van der Waals surface area contributed by atoms with Crippen LogP contribution in [0.15, 0.2) is 206 Å². The number of aromatic nitrogens is 1. The molecule has 57 heavy (non-hydrogen) atoms. The second-order valence-corrected chi connectivity index (χ2v) is 16.4. The summed E-state index contributed by atoms with van der Waals surface area (Å²) in [5.74, 6) is 0. The molecule has 4 heteroatoms. The number of nitrogens with zero attached hydrogens (tertiary/aromatic N) is 2. The molecule has 0 spiro atoms. The highest BCUT2D eigenvalue weighted by Crippen LogP contribution is 2.51. The van der Waals surface area contributed by atoms with Gasteiger partial charge in [-0.3, -0.25) is 0 Å². The number of thiophene rings is 1. The molecule has 0 unspecified atom stereocenters. The molecule has 268 valence electrons. The molecule has 11 rings (SSSR count). The standard InChI is InChI=1S/C53H34N2S2/c1-4-14-35(15-5-1)38-24-27-42(28-25-38)55(43-33-40(36-16-6-2-7-17-36)32-41(34-43)37-18-8-3-9-19-37)47-30-31-49-50(51(47)53-54-46-22-12-13-23-48(46)57-53)45-29-26-39-20-10-11-21-44(39)52(45)56-49/h1-34H. The quantitative estimate of drug-likeness (QED) is 0.161. The molecular formula is C53H34N2S2. The van der Waals surface area contributed by atoms with Crippen molar-refractivity contribution in [3.8, 4) is 44.0 Å². The van der Waals surface area contributed by atoms with Gasteiger partial charge < -0.3 is 4.90 Å². The largest absolute Gasteiger partial charge is 0.310 e. The smallest absolute Gasteiger partial charge is 0.127 e. The van der Waals surface area contributed by atoms with Crippen LogP contribution in [0.1, 0.15) is 0 Å². The summed E-state index contributed by atoms with van der Waals surface area (Å²) in [5.41, 5.74) is 12.4. The third kappa shape index (κ3) is 5.98. The zero-order valence-electron chi connectivity index (χ0n) is 30.8. The Bertz CT molecular complexity index is 3130. The highest BCUT2D eigenvalue weighted by atomic mass is 32.1. The third-order valence-corrected chi connectivity index (χ3v) is 13.1. The van der Waals surface area contributed by atoms with Gasteiger partial charge in [-0.1, -0.05) is 152 Å². The molecule has 2 aromatic heterocycles. The average Bonchev–Trinajstić information content (AvgIpc) is 3.90. The fraction of sp³-hybridized carbons (Fsp3) is 0. The maximum Gasteiger partial charge on any atom is 0.127 e. The van der Waals surface area contributed by atoms with Gasteiger partial charge in [-0.15, -0.1) is 22.7 Å². The second kappa shape index (κ2) is 14.0. The Kier molecular flexibility index (Phi) is 8.24. The first kappa shape index (κ1) is 33.5. The third-order valence-electron chi connectivity index (χ3n) is 10.9. The summed E-state index contributed by atoms with van der Waals surface area (Å²) in [7, 11) is 0. The van der Waals surface area contributed by atoms with Crippen LogP contribution in [-0.4, -0.2) is 4.98 Å². The Balaban J connectivity index is 1.24. The van der Waals surface area contributed by atoms with Crippen LogP contribution in [0.4, 0.5) is 17.1 Å². The van der Waals surface area contributed by atoms with Crippen molar-refractivity contribution in [1.82, 2.24) is 4.98 Å². The molecule has 2 heterocycles. The Morgan fingerprint density at radius 2 is 0.982 bits per heavy atom. The number of anilines is 3. The van der Waals surface area contributed by atoms with Gasteiger partial charge in [-0.25, -0.2) is 4.98 Å². The Morgan fingerprint density at radius 1 is 0.386 bits per heavy atom. The van der Waals surface area contributed by atoms with E-state index in [9.17, 15) is 0 Å². The van der Waals surface area contributed by atoms with Gasteiger partial charge in [0.15, 0.2) is 0 Å². The number of hydrogen-bond acceptors (Lipinski definition) is 4. The van der Waals surface area contributed by atoms with E-state index in [0.717, 1.165) is 44.3 Å². The lowest BCUT2D eigenvalue weighted by atomic mass is 9.96. The van der Waals surface area contributed by atoms with E-state index >= 15 is 0 Å². The van der Waals surface area contributed by atoms with Crippen molar-refractivity contribution < 1.29 is 0 Å². The minimum atomic E-state index is 1.01. The van der Waals surface area contributed by atoms with E-state index < -0.39 is 0 Å². The minimum absolute atomic E-state index is 1.01. The summed E-state index contributed by atoms with van der Waals surface area (Å²) in [6, 6.07) is 74.6. The molecule has 0 atom stereocenters. The number of thiazole rings is 1. The monoisotopic (exact) mass is 762 g/mol. The molecule has 0 aliphatic rings. The van der Waals surface area contributed by atoms with Crippen LogP contribution in [0.5, 0.6) is 0 Å². The molecule has 0 amide bonds. The first-order chi connectivity index (χ1) is 28.2. The summed E-state index contributed by atoms with van der Waals surface area (Å²) in [6.45, 7) is 0. The number of para-hydroxylation sites is 1. The summed E-state index contributed by atoms with van der Waals surface area (Å²) in [5, 5.41) is 6.05. The van der Waals surface area contributed by atoms with Crippen molar-refractivity contribution >= 4 is 80.9 Å². The molecule has 9 aromatic carbocycles. The maximum atomic E-state index is 5.39. The summed E-state index contributed by atoms with van der Waals surface area (Å²) < 4.78 is 3.73. The first-order valence-electron chi connectivity index (χ1n) is 19.2. The highest BCUT2D eigenvalue weighted by molar-refractivity contribution is 7.27. The lowest BCUT2D eigenvalue weighted by molar-refractivity contribution is 1.29. The van der Waals surface area contributed by atoms with Gasteiger partial charge in [0.05, 0.1) is 15.9 Å². The normalized spacial score (nSPS) is 11.5. The summed E-state index contributed by atoms with van der Waals surface area (Å²) in [6.07, 6.45) is 0. The molecule has 11 aromatic rings. The number of hydrogen-bond donors (Lipinski definition) is 0. The molecular weight excluding hydrogens is 729 g/mol. The van der Waals surface area contributed by atoms with Gasteiger partial charge in [-0.05, 0) is 98.8 Å². The van der Waals surface area contributed by atoms with E-state index in [-0.39, 0.29) is 0 Å². The number of rotatable bonds is 7. The van der Waals surface area contributed by atoms with Crippen molar-refractivity contribution in [3.05, 3.63) is 206 Å². The topological polar surface area (TPSA) is 16.1 Å². The van der Waals surface area contributed by atoms with Crippen LogP contribution in [0, 0.1) is 0 Å². The van der Waals surface area contributed by atoms with Crippen molar-refractivity contribution in [3.63, 3.8) is 0 Å². The van der Waals surface area contributed by atoms with Crippen molar-refractivity contribution in [2.45, 2.75) is 0 Å². The summed E-state index contributed by atoms with van der Waals surface area (Å²) in [4.78, 5) is 7.85. The van der Waals surface area contributed by atoms with E-state index in [1.165, 1.54) is 57.9 Å². The number of fused-ring (bicyclic) bond motifs is 6. The Morgan fingerprint density at radius 3 is 1.67 bits per heavy atom. The SMILES string of the molecule is c1ccc(-c2ccc(N(c3cc(-c4ccccc4)cc(-c4ccccc4)c3)c3ccc4sc5c6ccccc6ccc5c4c3-c3nc4ccccc4s3)cc2)cc1. The molecule has 0 saturated carbocycles. The van der Waals surface area contributed by atoms with E-state index in [1.807, 2.05) is 11.3 Å². The highest BCUT2D eigenvalue weighted by Gasteiger charge is 2.25. The molecule has 0 N–H and O–H groups in total. The zero-order chi connectivity index (χ0) is 37.7. The van der Waals surface area contributed by atoms with Crippen LogP contribution in [0.2, 0.25) is 0 Å². The Labute approximate surface area is 339 Å². The average molecular weight is 763 g/mol. The van der Waals surface area contributed by atoms with E-state index in [0.29, 0.717) is 0 Å². The van der Waals surface area contributed by atoms with Crippen LogP contribution >= 0.6 is 22.7 Å². The van der Waals surface area contributed by atoms with E-state index in [4.69, 9.17) is 4.98 Å². The predicted octanol–water partition coefficient (Wildman–Crippen LogP) is 16.0. The van der Waals surface area contributed by atoms with E-state index in [2.05, 4.69) is 211 Å². The van der Waals surface area contributed by atoms with Gasteiger partial charge in [0.1, 0.15) is 5.01 Å². The van der Waals surface area contributed by atoms with Crippen LogP contribution < -0.4 is 4.90 Å². The first-order valence-corrected chi connectivity index (χ1v) is 20.8. The fourth-order valence-corrected chi connectivity index (χ4v) is 10.4. The maximum absolute atomic E-state index is 5.39.